The summed E-state index contributed by atoms with van der Waals surface area (Å²) in [5, 5.41) is 6.67. The molecule has 0 amide bonds. The Labute approximate surface area is 58.3 Å². The Morgan fingerprint density at radius 2 is 2.10 bits per heavy atom. The number of hydrogen-bond donors (Lipinski definition) is 1. The largest absolute Gasteiger partial charge is 0.357 e. The first-order chi connectivity index (χ1) is 4.66. The summed E-state index contributed by atoms with van der Waals surface area (Å²) >= 11 is 0. The molecule has 1 rings (SSSR count). The van der Waals surface area contributed by atoms with Crippen LogP contribution in [-0.4, -0.2) is 21.4 Å². The van der Waals surface area contributed by atoms with E-state index in [0.717, 1.165) is 0 Å². The molecule has 0 saturated heterocycles. The molecule has 0 radical (unpaired) electrons. The lowest BCUT2D eigenvalue weighted by molar-refractivity contribution is 0.714. The fourth-order valence-corrected chi connectivity index (χ4v) is 0.777. The van der Waals surface area contributed by atoms with Crippen molar-refractivity contribution in [1.29, 1.82) is 0 Å². The van der Waals surface area contributed by atoms with Crippen molar-refractivity contribution in [3.05, 3.63) is 10.5 Å². The number of aromatic nitrogens is 3. The Kier molecular flexibility index (Phi) is 1.48. The van der Waals surface area contributed by atoms with Crippen molar-refractivity contribution in [3.63, 3.8) is 0 Å². The van der Waals surface area contributed by atoms with Crippen LogP contribution in [0.15, 0.2) is 4.79 Å². The van der Waals surface area contributed by atoms with Gasteiger partial charge in [-0.05, 0) is 0 Å². The number of aryl methyl sites for hydroxylation is 1. The fraction of sp³-hybridized carbons (Fsp3) is 0.600. The van der Waals surface area contributed by atoms with Crippen molar-refractivity contribution >= 4 is 5.95 Å². The van der Waals surface area contributed by atoms with Crippen molar-refractivity contribution < 1.29 is 0 Å². The predicted molar refractivity (Wildman–Crippen MR) is 38.0 cm³/mol. The van der Waals surface area contributed by atoms with Crippen LogP contribution in [0.5, 0.6) is 0 Å². The molecule has 0 aromatic carbocycles. The average Bonchev–Trinajstić information content (AvgIpc) is 2.17. The highest BCUT2D eigenvalue weighted by Crippen LogP contribution is 1.91. The monoisotopic (exact) mass is 142 g/mol. The van der Waals surface area contributed by atoms with Crippen LogP contribution in [0.3, 0.4) is 0 Å². The van der Waals surface area contributed by atoms with E-state index in [1.165, 1.54) is 9.25 Å². The van der Waals surface area contributed by atoms with E-state index in [1.54, 1.807) is 21.1 Å². The van der Waals surface area contributed by atoms with E-state index in [1.807, 2.05) is 0 Å². The third-order valence-corrected chi connectivity index (χ3v) is 1.35. The molecule has 0 aliphatic heterocycles. The van der Waals surface area contributed by atoms with Gasteiger partial charge in [0.1, 0.15) is 0 Å². The molecule has 1 aromatic heterocycles. The molecule has 0 fully saturated rings. The first-order valence-corrected chi connectivity index (χ1v) is 2.94. The van der Waals surface area contributed by atoms with Crippen LogP contribution < -0.4 is 11.0 Å². The topological polar surface area (TPSA) is 51.9 Å². The summed E-state index contributed by atoms with van der Waals surface area (Å²) in [4.78, 5) is 11.0. The van der Waals surface area contributed by atoms with Gasteiger partial charge in [-0.2, -0.15) is 0 Å². The summed E-state index contributed by atoms with van der Waals surface area (Å²) in [5.74, 6) is 0.576. The molecule has 0 unspecified atom stereocenters. The number of rotatable bonds is 1. The molecule has 0 aliphatic rings. The maximum Gasteiger partial charge on any atom is 0.346 e. The minimum Gasteiger partial charge on any atom is -0.357 e. The van der Waals surface area contributed by atoms with Crippen LogP contribution in [0.25, 0.3) is 0 Å². The van der Waals surface area contributed by atoms with Crippen molar-refractivity contribution in [2.24, 2.45) is 14.1 Å². The minimum atomic E-state index is -0.121. The first kappa shape index (κ1) is 6.85. The van der Waals surface area contributed by atoms with Gasteiger partial charge in [0, 0.05) is 21.1 Å². The molecule has 1 N–H and O–H groups in total. The zero-order valence-corrected chi connectivity index (χ0v) is 6.25. The summed E-state index contributed by atoms with van der Waals surface area (Å²) in [6, 6.07) is 0. The third kappa shape index (κ3) is 0.792. The van der Waals surface area contributed by atoms with Gasteiger partial charge in [0.05, 0.1) is 0 Å². The SMILES string of the molecule is CNc1nn(C)c(=O)n1C. The smallest absolute Gasteiger partial charge is 0.346 e. The quantitative estimate of drug-likeness (QED) is 0.556. The Morgan fingerprint density at radius 3 is 2.30 bits per heavy atom. The number of nitrogens with zero attached hydrogens (tertiary/aromatic N) is 3. The van der Waals surface area contributed by atoms with E-state index in [-0.39, 0.29) is 5.69 Å². The first-order valence-electron chi connectivity index (χ1n) is 2.94. The summed E-state index contributed by atoms with van der Waals surface area (Å²) in [6.07, 6.45) is 0. The minimum absolute atomic E-state index is 0.121. The summed E-state index contributed by atoms with van der Waals surface area (Å²) in [7, 11) is 5.01. The van der Waals surface area contributed by atoms with Gasteiger partial charge in [-0.25, -0.2) is 9.48 Å². The van der Waals surface area contributed by atoms with Crippen LogP contribution in [0.1, 0.15) is 0 Å². The highest BCUT2D eigenvalue weighted by molar-refractivity contribution is 5.21. The van der Waals surface area contributed by atoms with Gasteiger partial charge in [-0.3, -0.25) is 4.57 Å². The molecular formula is C5H10N4O. The maximum absolute atomic E-state index is 11.0. The zero-order valence-electron chi connectivity index (χ0n) is 6.25. The molecule has 1 heterocycles. The van der Waals surface area contributed by atoms with E-state index in [9.17, 15) is 4.79 Å². The number of anilines is 1. The number of nitrogens with one attached hydrogen (secondary N) is 1. The average molecular weight is 142 g/mol. The second kappa shape index (κ2) is 2.17. The maximum atomic E-state index is 11.0. The van der Waals surface area contributed by atoms with E-state index < -0.39 is 0 Å². The van der Waals surface area contributed by atoms with Gasteiger partial charge >= 0.3 is 5.69 Å². The lowest BCUT2D eigenvalue weighted by atomic mass is 10.9. The zero-order chi connectivity index (χ0) is 7.72. The van der Waals surface area contributed by atoms with E-state index in [2.05, 4.69) is 10.4 Å². The van der Waals surface area contributed by atoms with Gasteiger partial charge in [0.25, 0.3) is 0 Å². The standard InChI is InChI=1S/C5H10N4O/c1-6-4-7-9(3)5(10)8(4)2/h1-3H3,(H,6,7). The lowest BCUT2D eigenvalue weighted by Gasteiger charge is -1.92. The lowest BCUT2D eigenvalue weighted by Crippen LogP contribution is -2.20. The van der Waals surface area contributed by atoms with Crippen molar-refractivity contribution in [1.82, 2.24) is 14.3 Å². The van der Waals surface area contributed by atoms with E-state index >= 15 is 0 Å². The van der Waals surface area contributed by atoms with Crippen LogP contribution in [0.4, 0.5) is 5.95 Å². The fourth-order valence-electron chi connectivity index (χ4n) is 0.777. The molecule has 0 aliphatic carbocycles. The van der Waals surface area contributed by atoms with Crippen molar-refractivity contribution in [3.8, 4) is 0 Å². The van der Waals surface area contributed by atoms with Gasteiger partial charge in [-0.1, -0.05) is 0 Å². The van der Waals surface area contributed by atoms with E-state index in [4.69, 9.17) is 0 Å². The third-order valence-electron chi connectivity index (χ3n) is 1.35. The Balaban J connectivity index is 3.31. The summed E-state index contributed by atoms with van der Waals surface area (Å²) in [6.45, 7) is 0. The Bertz CT molecular complexity index is 284. The van der Waals surface area contributed by atoms with Crippen molar-refractivity contribution in [2.45, 2.75) is 0 Å². The Morgan fingerprint density at radius 1 is 1.50 bits per heavy atom. The summed E-state index contributed by atoms with van der Waals surface area (Å²) < 4.78 is 2.73. The molecular weight excluding hydrogens is 132 g/mol. The number of hydrogen-bond acceptors (Lipinski definition) is 3. The van der Waals surface area contributed by atoms with Gasteiger partial charge in [0.15, 0.2) is 0 Å². The van der Waals surface area contributed by atoms with Crippen LogP contribution in [-0.2, 0) is 14.1 Å². The van der Waals surface area contributed by atoms with Gasteiger partial charge in [-0.15, -0.1) is 5.10 Å². The van der Waals surface area contributed by atoms with Crippen LogP contribution in [0, 0.1) is 0 Å². The highest BCUT2D eigenvalue weighted by atomic mass is 16.2. The predicted octanol–water partition coefficient (Wildman–Crippen LogP) is -0.840. The second-order valence-corrected chi connectivity index (χ2v) is 2.04. The molecule has 1 aromatic rings. The molecule has 10 heavy (non-hydrogen) atoms. The second-order valence-electron chi connectivity index (χ2n) is 2.04. The molecule has 56 valence electrons. The molecule has 0 atom stereocenters. The molecule has 5 heteroatoms. The van der Waals surface area contributed by atoms with Gasteiger partial charge in [0.2, 0.25) is 5.95 Å². The Hall–Kier alpha value is -1.26. The highest BCUT2D eigenvalue weighted by Gasteiger charge is 2.02. The van der Waals surface area contributed by atoms with E-state index in [0.29, 0.717) is 5.95 Å². The molecule has 0 spiro atoms. The van der Waals surface area contributed by atoms with Gasteiger partial charge < -0.3 is 5.32 Å². The molecule has 0 saturated carbocycles. The molecule has 0 bridgehead atoms. The van der Waals surface area contributed by atoms with Crippen molar-refractivity contribution in [2.75, 3.05) is 12.4 Å². The summed E-state index contributed by atoms with van der Waals surface area (Å²) in [5.41, 5.74) is -0.121. The normalized spacial score (nSPS) is 9.90. The molecule has 5 nitrogen and oxygen atoms in total. The van der Waals surface area contributed by atoms with Crippen LogP contribution >= 0.6 is 0 Å². The van der Waals surface area contributed by atoms with Crippen LogP contribution in [0.2, 0.25) is 0 Å².